The first kappa shape index (κ1) is 18.0. The molecule has 5 heteroatoms. The Balaban J connectivity index is 1.53. The van der Waals surface area contributed by atoms with Crippen LogP contribution in [0.2, 0.25) is 0 Å². The van der Waals surface area contributed by atoms with E-state index < -0.39 is 0 Å². The van der Waals surface area contributed by atoms with E-state index in [9.17, 15) is 9.59 Å². The van der Waals surface area contributed by atoms with Gasteiger partial charge >= 0.3 is 0 Å². The fourth-order valence-corrected chi connectivity index (χ4v) is 3.14. The fraction of sp³-hybridized carbons (Fsp3) is 0.333. The number of piperidine rings is 1. The molecule has 1 aliphatic rings. The number of ether oxygens (including phenoxy) is 1. The van der Waals surface area contributed by atoms with Gasteiger partial charge in [-0.3, -0.25) is 9.59 Å². The molecule has 2 amide bonds. The van der Waals surface area contributed by atoms with Crippen LogP contribution in [0.15, 0.2) is 48.5 Å². The maximum absolute atomic E-state index is 12.6. The number of carbonyl (C=O) groups excluding carboxylic acids is 2. The molecule has 2 aromatic rings. The smallest absolute Gasteiger partial charge is 0.253 e. The molecule has 0 aromatic heterocycles. The molecule has 3 rings (SSSR count). The number of nitrogens with zero attached hydrogens (tertiary/aromatic N) is 1. The molecule has 0 bridgehead atoms. The molecule has 1 N–H and O–H groups in total. The van der Waals surface area contributed by atoms with Crippen LogP contribution in [0.5, 0.6) is 5.75 Å². The van der Waals surface area contributed by atoms with Crippen LogP contribution in [0.1, 0.15) is 28.8 Å². The summed E-state index contributed by atoms with van der Waals surface area (Å²) in [6.45, 7) is 3.21. The number of hydrogen-bond donors (Lipinski definition) is 1. The van der Waals surface area contributed by atoms with Gasteiger partial charge in [-0.15, -0.1) is 0 Å². The van der Waals surface area contributed by atoms with E-state index in [0.29, 0.717) is 31.5 Å². The third-order valence-corrected chi connectivity index (χ3v) is 4.81. The molecule has 5 nitrogen and oxygen atoms in total. The highest BCUT2D eigenvalue weighted by molar-refractivity contribution is 5.95. The van der Waals surface area contributed by atoms with Crippen LogP contribution in [-0.2, 0) is 4.79 Å². The third kappa shape index (κ3) is 4.23. The van der Waals surface area contributed by atoms with Crippen LogP contribution < -0.4 is 10.1 Å². The second-order valence-electron chi connectivity index (χ2n) is 6.65. The number of hydrogen-bond acceptors (Lipinski definition) is 3. The maximum atomic E-state index is 12.6. The van der Waals surface area contributed by atoms with Crippen LogP contribution >= 0.6 is 0 Å². The summed E-state index contributed by atoms with van der Waals surface area (Å²) >= 11 is 0. The minimum atomic E-state index is -0.0702. The lowest BCUT2D eigenvalue weighted by molar-refractivity contribution is -0.121. The molecule has 0 atom stereocenters. The summed E-state index contributed by atoms with van der Waals surface area (Å²) in [5.74, 6) is 0.738. The lowest BCUT2D eigenvalue weighted by Gasteiger charge is -2.31. The Morgan fingerprint density at radius 2 is 1.62 bits per heavy atom. The zero-order chi connectivity index (χ0) is 18.5. The summed E-state index contributed by atoms with van der Waals surface area (Å²) in [4.78, 5) is 26.8. The van der Waals surface area contributed by atoms with Crippen molar-refractivity contribution in [2.45, 2.75) is 19.8 Å². The Hall–Kier alpha value is -2.82. The summed E-state index contributed by atoms with van der Waals surface area (Å²) in [7, 11) is 1.61. The second-order valence-corrected chi connectivity index (χ2v) is 6.65. The quantitative estimate of drug-likeness (QED) is 0.916. The lowest BCUT2D eigenvalue weighted by atomic mass is 9.95. The topological polar surface area (TPSA) is 58.6 Å². The fourth-order valence-electron chi connectivity index (χ4n) is 3.14. The van der Waals surface area contributed by atoms with Crippen molar-refractivity contribution >= 4 is 17.5 Å². The molecule has 0 unspecified atom stereocenters. The lowest BCUT2D eigenvalue weighted by Crippen LogP contribution is -2.41. The number of rotatable bonds is 4. The number of benzene rings is 2. The highest BCUT2D eigenvalue weighted by Crippen LogP contribution is 2.22. The molecule has 136 valence electrons. The van der Waals surface area contributed by atoms with E-state index in [2.05, 4.69) is 5.32 Å². The molecular formula is C21H24N2O3. The third-order valence-electron chi connectivity index (χ3n) is 4.81. The van der Waals surface area contributed by atoms with E-state index in [1.54, 1.807) is 7.11 Å². The monoisotopic (exact) mass is 352 g/mol. The largest absolute Gasteiger partial charge is 0.497 e. The SMILES string of the molecule is COc1ccc(NC(=O)C2CCN(C(=O)c3ccc(C)cc3)CC2)cc1. The van der Waals surface area contributed by atoms with Gasteiger partial charge in [0, 0.05) is 30.3 Å². The zero-order valence-electron chi connectivity index (χ0n) is 15.2. The van der Waals surface area contributed by atoms with Gasteiger partial charge in [-0.2, -0.15) is 0 Å². The van der Waals surface area contributed by atoms with Gasteiger partial charge in [0.05, 0.1) is 7.11 Å². The van der Waals surface area contributed by atoms with E-state index in [0.717, 1.165) is 17.0 Å². The maximum Gasteiger partial charge on any atom is 0.253 e. The van der Waals surface area contributed by atoms with Gasteiger partial charge in [0.2, 0.25) is 5.91 Å². The molecule has 1 heterocycles. The van der Waals surface area contributed by atoms with Crippen LogP contribution in [0, 0.1) is 12.8 Å². The van der Waals surface area contributed by atoms with Crippen LogP contribution in [0.4, 0.5) is 5.69 Å². The molecule has 1 fully saturated rings. The second kappa shape index (κ2) is 8.04. The number of amides is 2. The standard InChI is InChI=1S/C21H24N2O3/c1-15-3-5-17(6-4-15)21(25)23-13-11-16(12-14-23)20(24)22-18-7-9-19(26-2)10-8-18/h3-10,16H,11-14H2,1-2H3,(H,22,24). The first-order chi connectivity index (χ1) is 12.6. The number of carbonyl (C=O) groups is 2. The normalized spacial score (nSPS) is 14.8. The number of aryl methyl sites for hydroxylation is 1. The Kier molecular flexibility index (Phi) is 5.56. The minimum absolute atomic E-state index is 0.0117. The van der Waals surface area contributed by atoms with E-state index in [4.69, 9.17) is 4.74 Å². The molecular weight excluding hydrogens is 328 g/mol. The Morgan fingerprint density at radius 1 is 1.00 bits per heavy atom. The molecule has 0 aliphatic carbocycles. The van der Waals surface area contributed by atoms with Gasteiger partial charge in [-0.25, -0.2) is 0 Å². The number of likely N-dealkylation sites (tertiary alicyclic amines) is 1. The van der Waals surface area contributed by atoms with Crippen LogP contribution in [0.3, 0.4) is 0 Å². The van der Waals surface area contributed by atoms with Crippen molar-refractivity contribution < 1.29 is 14.3 Å². The summed E-state index contributed by atoms with van der Waals surface area (Å²) in [5, 5.41) is 2.95. The van der Waals surface area contributed by atoms with Crippen molar-refractivity contribution in [2.24, 2.45) is 5.92 Å². The zero-order valence-corrected chi connectivity index (χ0v) is 15.2. The van der Waals surface area contributed by atoms with Gasteiger partial charge in [-0.1, -0.05) is 17.7 Å². The Morgan fingerprint density at radius 3 is 2.19 bits per heavy atom. The summed E-state index contributed by atoms with van der Waals surface area (Å²) < 4.78 is 5.12. The van der Waals surface area contributed by atoms with Crippen molar-refractivity contribution in [3.05, 3.63) is 59.7 Å². The van der Waals surface area contributed by atoms with Crippen molar-refractivity contribution in [1.29, 1.82) is 0 Å². The van der Waals surface area contributed by atoms with Gasteiger partial charge in [0.25, 0.3) is 5.91 Å². The van der Waals surface area contributed by atoms with Crippen molar-refractivity contribution in [2.75, 3.05) is 25.5 Å². The summed E-state index contributed by atoms with van der Waals surface area (Å²) in [6.07, 6.45) is 1.36. The van der Waals surface area contributed by atoms with E-state index in [1.165, 1.54) is 0 Å². The molecule has 1 saturated heterocycles. The molecule has 0 spiro atoms. The number of nitrogens with one attached hydrogen (secondary N) is 1. The van der Waals surface area contributed by atoms with Gasteiger partial charge in [0.15, 0.2) is 0 Å². The average Bonchev–Trinajstić information content (AvgIpc) is 2.69. The van der Waals surface area contributed by atoms with Crippen molar-refractivity contribution in [1.82, 2.24) is 4.90 Å². The van der Waals surface area contributed by atoms with Crippen molar-refractivity contribution in [3.8, 4) is 5.75 Å². The Bertz CT molecular complexity index is 761. The highest BCUT2D eigenvalue weighted by Gasteiger charge is 2.27. The van der Waals surface area contributed by atoms with E-state index in [-0.39, 0.29) is 17.7 Å². The van der Waals surface area contributed by atoms with Crippen LogP contribution in [0.25, 0.3) is 0 Å². The van der Waals surface area contributed by atoms with Gasteiger partial charge < -0.3 is 15.0 Å². The number of anilines is 1. The number of methoxy groups -OCH3 is 1. The van der Waals surface area contributed by atoms with Gasteiger partial charge in [-0.05, 0) is 56.2 Å². The molecule has 0 saturated carbocycles. The first-order valence-corrected chi connectivity index (χ1v) is 8.87. The Labute approximate surface area is 154 Å². The highest BCUT2D eigenvalue weighted by atomic mass is 16.5. The van der Waals surface area contributed by atoms with E-state index >= 15 is 0 Å². The predicted molar refractivity (Wildman–Crippen MR) is 101 cm³/mol. The average molecular weight is 352 g/mol. The molecule has 0 radical (unpaired) electrons. The van der Waals surface area contributed by atoms with Crippen molar-refractivity contribution in [3.63, 3.8) is 0 Å². The summed E-state index contributed by atoms with van der Waals surface area (Å²) in [6, 6.07) is 14.9. The molecule has 2 aromatic carbocycles. The molecule has 1 aliphatic heterocycles. The van der Waals surface area contributed by atoms with Crippen LogP contribution in [-0.4, -0.2) is 36.9 Å². The first-order valence-electron chi connectivity index (χ1n) is 8.87. The molecule has 26 heavy (non-hydrogen) atoms. The van der Waals surface area contributed by atoms with Gasteiger partial charge in [0.1, 0.15) is 5.75 Å². The predicted octanol–water partition coefficient (Wildman–Crippen LogP) is 3.49. The van der Waals surface area contributed by atoms with E-state index in [1.807, 2.05) is 60.4 Å². The summed E-state index contributed by atoms with van der Waals surface area (Å²) in [5.41, 5.74) is 2.60. The minimum Gasteiger partial charge on any atom is -0.497 e.